The average molecular weight is 396 g/mol. The minimum absolute atomic E-state index is 0.0493. The van der Waals surface area contributed by atoms with E-state index in [2.05, 4.69) is 26.2 Å². The van der Waals surface area contributed by atoms with Gasteiger partial charge in [0, 0.05) is 23.6 Å². The second kappa shape index (κ2) is 5.93. The van der Waals surface area contributed by atoms with Crippen LogP contribution in [0.15, 0.2) is 45.9 Å². The quantitative estimate of drug-likeness (QED) is 0.847. The van der Waals surface area contributed by atoms with Crippen molar-refractivity contribution in [1.82, 2.24) is 4.98 Å². The summed E-state index contributed by atoms with van der Waals surface area (Å²) in [6.07, 6.45) is 1.58. The van der Waals surface area contributed by atoms with E-state index < -0.39 is 10.0 Å². The Morgan fingerprint density at radius 2 is 2.09 bits per heavy atom. The van der Waals surface area contributed by atoms with Gasteiger partial charge in [0.05, 0.1) is 10.6 Å². The Labute approximate surface area is 142 Å². The Hall–Kier alpha value is -1.93. The third-order valence-corrected chi connectivity index (χ3v) is 5.99. The molecule has 2 heterocycles. The maximum absolute atomic E-state index is 13.1. The van der Waals surface area contributed by atoms with Gasteiger partial charge in [0.1, 0.15) is 0 Å². The van der Waals surface area contributed by atoms with Gasteiger partial charge in [-0.25, -0.2) is 17.7 Å². The number of anilines is 2. The van der Waals surface area contributed by atoms with Gasteiger partial charge in [-0.3, -0.25) is 4.79 Å². The number of hydrogen-bond acceptors (Lipinski definition) is 4. The fourth-order valence-electron chi connectivity index (χ4n) is 2.47. The minimum Gasteiger partial charge on any atom is -0.323 e. The van der Waals surface area contributed by atoms with E-state index in [9.17, 15) is 13.2 Å². The zero-order chi connectivity index (χ0) is 16.6. The van der Waals surface area contributed by atoms with Gasteiger partial charge in [-0.1, -0.05) is 15.9 Å². The molecule has 1 N–H and O–H groups in total. The largest absolute Gasteiger partial charge is 0.323 e. The number of sulfonamides is 1. The minimum atomic E-state index is -3.81. The molecule has 0 radical (unpaired) electrons. The van der Waals surface area contributed by atoms with Crippen molar-refractivity contribution in [2.75, 3.05) is 16.2 Å². The number of aromatic nitrogens is 1. The van der Waals surface area contributed by atoms with Crippen molar-refractivity contribution >= 4 is 43.4 Å². The predicted molar refractivity (Wildman–Crippen MR) is 90.9 cm³/mol. The van der Waals surface area contributed by atoms with E-state index in [0.29, 0.717) is 11.3 Å². The number of benzene rings is 1. The molecular weight excluding hydrogens is 382 g/mol. The number of hydrogen-bond donors (Lipinski definition) is 1. The van der Waals surface area contributed by atoms with E-state index in [-0.39, 0.29) is 29.6 Å². The summed E-state index contributed by atoms with van der Waals surface area (Å²) in [6, 6.07) is 8.27. The number of nitrogens with one attached hydrogen (secondary N) is 1. The summed E-state index contributed by atoms with van der Waals surface area (Å²) in [6.45, 7) is 1.78. The maximum Gasteiger partial charge on any atom is 0.265 e. The molecule has 1 amide bonds. The summed E-state index contributed by atoms with van der Waals surface area (Å²) in [7, 11) is -3.81. The smallest absolute Gasteiger partial charge is 0.265 e. The van der Waals surface area contributed by atoms with Crippen molar-refractivity contribution in [2.24, 2.45) is 0 Å². The zero-order valence-corrected chi connectivity index (χ0v) is 14.7. The van der Waals surface area contributed by atoms with E-state index in [1.54, 1.807) is 37.3 Å². The van der Waals surface area contributed by atoms with Crippen LogP contribution in [0, 0.1) is 6.92 Å². The molecule has 1 aliphatic rings. The van der Waals surface area contributed by atoms with E-state index in [0.717, 1.165) is 4.47 Å². The summed E-state index contributed by atoms with van der Waals surface area (Å²) in [5.41, 5.74) is 1.02. The molecule has 8 heteroatoms. The Kier molecular flexibility index (Phi) is 4.11. The number of rotatable bonds is 2. The van der Waals surface area contributed by atoms with Crippen molar-refractivity contribution in [1.29, 1.82) is 0 Å². The second-order valence-electron chi connectivity index (χ2n) is 5.16. The molecule has 2 aromatic rings. The van der Waals surface area contributed by atoms with Gasteiger partial charge < -0.3 is 5.32 Å². The van der Waals surface area contributed by atoms with Crippen LogP contribution in [0.5, 0.6) is 0 Å². The number of amides is 1. The molecule has 0 unspecified atom stereocenters. The normalized spacial score (nSPS) is 14.9. The van der Waals surface area contributed by atoms with Crippen LogP contribution in [0.2, 0.25) is 0 Å². The molecule has 1 aromatic heterocycles. The first-order chi connectivity index (χ1) is 10.9. The molecule has 0 bridgehead atoms. The Morgan fingerprint density at radius 1 is 1.30 bits per heavy atom. The lowest BCUT2D eigenvalue weighted by atomic mass is 10.2. The van der Waals surface area contributed by atoms with Gasteiger partial charge in [0.15, 0.2) is 5.82 Å². The van der Waals surface area contributed by atoms with Crippen LogP contribution in [0.3, 0.4) is 0 Å². The number of pyridine rings is 1. The lowest BCUT2D eigenvalue weighted by Gasteiger charge is -2.23. The molecule has 120 valence electrons. The number of fused-ring (bicyclic) bond motifs is 1. The highest BCUT2D eigenvalue weighted by molar-refractivity contribution is 9.10. The fourth-order valence-corrected chi connectivity index (χ4v) is 4.59. The first-order valence-electron chi connectivity index (χ1n) is 6.93. The monoisotopic (exact) mass is 395 g/mol. The van der Waals surface area contributed by atoms with E-state index in [4.69, 9.17) is 0 Å². The molecule has 0 saturated heterocycles. The van der Waals surface area contributed by atoms with Gasteiger partial charge in [-0.05, 0) is 42.8 Å². The number of carbonyl (C=O) groups is 1. The van der Waals surface area contributed by atoms with Crippen LogP contribution in [0.25, 0.3) is 0 Å². The SMILES string of the molecule is Cc1cc(Br)ccc1S(=O)(=O)N1CCC(=O)Nc2cccnc21. The molecule has 0 atom stereocenters. The summed E-state index contributed by atoms with van der Waals surface area (Å²) < 4.78 is 28.1. The fraction of sp³-hybridized carbons (Fsp3) is 0.200. The molecule has 6 nitrogen and oxygen atoms in total. The van der Waals surface area contributed by atoms with Gasteiger partial charge in [-0.15, -0.1) is 0 Å². The van der Waals surface area contributed by atoms with E-state index in [1.807, 2.05) is 0 Å². The summed E-state index contributed by atoms with van der Waals surface area (Å²) in [4.78, 5) is 16.2. The average Bonchev–Trinajstić information content (AvgIpc) is 2.65. The molecule has 0 aliphatic carbocycles. The molecule has 3 rings (SSSR count). The highest BCUT2D eigenvalue weighted by atomic mass is 79.9. The van der Waals surface area contributed by atoms with Crippen molar-refractivity contribution in [3.8, 4) is 0 Å². The van der Waals surface area contributed by atoms with Crippen LogP contribution >= 0.6 is 15.9 Å². The Morgan fingerprint density at radius 3 is 2.83 bits per heavy atom. The molecule has 0 saturated carbocycles. The van der Waals surface area contributed by atoms with Crippen LogP contribution in [0.4, 0.5) is 11.5 Å². The summed E-state index contributed by atoms with van der Waals surface area (Å²) >= 11 is 3.33. The molecule has 1 aliphatic heterocycles. The van der Waals surface area contributed by atoms with Crippen molar-refractivity contribution < 1.29 is 13.2 Å². The molecule has 1 aromatic carbocycles. The van der Waals surface area contributed by atoms with Crippen molar-refractivity contribution in [3.63, 3.8) is 0 Å². The molecule has 0 fully saturated rings. The highest BCUT2D eigenvalue weighted by Crippen LogP contribution is 2.32. The summed E-state index contributed by atoms with van der Waals surface area (Å²) in [5.74, 6) is 0.00477. The van der Waals surface area contributed by atoms with Gasteiger partial charge >= 0.3 is 0 Å². The first kappa shape index (κ1) is 15.9. The number of halogens is 1. The molecule has 0 spiro atoms. The predicted octanol–water partition coefficient (Wildman–Crippen LogP) is 2.69. The Bertz CT molecular complexity index is 883. The van der Waals surface area contributed by atoms with Gasteiger partial charge in [0.2, 0.25) is 5.91 Å². The second-order valence-corrected chi connectivity index (χ2v) is 7.91. The first-order valence-corrected chi connectivity index (χ1v) is 9.16. The van der Waals surface area contributed by atoms with Crippen LogP contribution in [-0.2, 0) is 14.8 Å². The Balaban J connectivity index is 2.14. The maximum atomic E-state index is 13.1. The topological polar surface area (TPSA) is 79.4 Å². The van der Waals surface area contributed by atoms with Crippen molar-refractivity contribution in [2.45, 2.75) is 18.2 Å². The standard InChI is InChI=1S/C15H14BrN3O3S/c1-10-9-11(16)4-5-13(10)23(21,22)19-8-6-14(20)18-12-3-2-7-17-15(12)19/h2-5,7,9H,6,8H2,1H3,(H,18,20). The summed E-state index contributed by atoms with van der Waals surface area (Å²) in [5, 5.41) is 2.68. The zero-order valence-electron chi connectivity index (χ0n) is 12.3. The van der Waals surface area contributed by atoms with Crippen LogP contribution in [0.1, 0.15) is 12.0 Å². The van der Waals surface area contributed by atoms with Gasteiger partial charge in [0.25, 0.3) is 10.0 Å². The van der Waals surface area contributed by atoms with Gasteiger partial charge in [-0.2, -0.15) is 0 Å². The number of nitrogens with zero attached hydrogens (tertiary/aromatic N) is 2. The van der Waals surface area contributed by atoms with E-state index in [1.165, 1.54) is 10.5 Å². The van der Waals surface area contributed by atoms with E-state index >= 15 is 0 Å². The van der Waals surface area contributed by atoms with Crippen LogP contribution in [-0.4, -0.2) is 25.9 Å². The lowest BCUT2D eigenvalue weighted by Crippen LogP contribution is -2.33. The highest BCUT2D eigenvalue weighted by Gasteiger charge is 2.31. The number of aryl methyl sites for hydroxylation is 1. The van der Waals surface area contributed by atoms with Crippen LogP contribution < -0.4 is 9.62 Å². The van der Waals surface area contributed by atoms with Crippen molar-refractivity contribution in [3.05, 3.63) is 46.6 Å². The number of carbonyl (C=O) groups excluding carboxylic acids is 1. The third-order valence-electron chi connectivity index (χ3n) is 3.54. The molecule has 23 heavy (non-hydrogen) atoms. The molecular formula is C15H14BrN3O3S. The lowest BCUT2D eigenvalue weighted by molar-refractivity contribution is -0.115. The third kappa shape index (κ3) is 2.96.